The minimum Gasteiger partial charge on any atom is -0.497 e. The van der Waals surface area contributed by atoms with Crippen molar-refractivity contribution in [1.29, 1.82) is 0 Å². The molecule has 0 aliphatic carbocycles. The van der Waals surface area contributed by atoms with Crippen molar-refractivity contribution < 1.29 is 9.47 Å². The van der Waals surface area contributed by atoms with Gasteiger partial charge < -0.3 is 9.47 Å². The van der Waals surface area contributed by atoms with Gasteiger partial charge in [-0.1, -0.05) is 19.8 Å². The molecule has 0 unspecified atom stereocenters. The number of ether oxygens (including phenoxy) is 2. The van der Waals surface area contributed by atoms with E-state index in [1.807, 2.05) is 6.07 Å². The van der Waals surface area contributed by atoms with Crippen molar-refractivity contribution in [3.05, 3.63) is 17.7 Å². The maximum absolute atomic E-state index is 5.42. The van der Waals surface area contributed by atoms with E-state index in [0.29, 0.717) is 0 Å². The molecule has 0 spiro atoms. The summed E-state index contributed by atoms with van der Waals surface area (Å²) in [4.78, 5) is 1.24. The number of thioether (sulfide) groups is 1. The first-order valence-corrected chi connectivity index (χ1v) is 7.28. The van der Waals surface area contributed by atoms with E-state index in [1.54, 1.807) is 26.0 Å². The lowest BCUT2D eigenvalue weighted by molar-refractivity contribution is 0.386. The molecule has 0 aromatic heterocycles. The fourth-order valence-electron chi connectivity index (χ4n) is 1.88. The molecule has 0 amide bonds. The van der Waals surface area contributed by atoms with E-state index in [1.165, 1.54) is 29.7 Å². The Balaban J connectivity index is 2.97. The fourth-order valence-corrected chi connectivity index (χ4v) is 2.65. The molecule has 0 aliphatic rings. The summed E-state index contributed by atoms with van der Waals surface area (Å²) in [5.74, 6) is 1.80. The van der Waals surface area contributed by atoms with E-state index in [-0.39, 0.29) is 0 Å². The third kappa shape index (κ3) is 3.84. The van der Waals surface area contributed by atoms with Crippen molar-refractivity contribution >= 4 is 11.8 Å². The molecule has 0 N–H and O–H groups in total. The molecule has 2 nitrogen and oxygen atoms in total. The van der Waals surface area contributed by atoms with Crippen LogP contribution in [0.5, 0.6) is 11.5 Å². The van der Waals surface area contributed by atoms with Gasteiger partial charge in [0.15, 0.2) is 0 Å². The van der Waals surface area contributed by atoms with Crippen molar-refractivity contribution in [1.82, 2.24) is 0 Å². The molecular formula is C14H22O2S. The van der Waals surface area contributed by atoms with Gasteiger partial charge in [-0.3, -0.25) is 0 Å². The van der Waals surface area contributed by atoms with E-state index in [2.05, 4.69) is 19.2 Å². The van der Waals surface area contributed by atoms with E-state index in [9.17, 15) is 0 Å². The summed E-state index contributed by atoms with van der Waals surface area (Å²) in [6, 6.07) is 4.08. The molecule has 1 aromatic rings. The molecule has 96 valence electrons. The predicted octanol–water partition coefficient (Wildman–Crippen LogP) is 4.16. The lowest BCUT2D eigenvalue weighted by atomic mass is 10.1. The van der Waals surface area contributed by atoms with Crippen molar-refractivity contribution in [2.24, 2.45) is 0 Å². The minimum atomic E-state index is 0.881. The monoisotopic (exact) mass is 254 g/mol. The highest BCUT2D eigenvalue weighted by atomic mass is 32.2. The van der Waals surface area contributed by atoms with Crippen LogP contribution in [0.4, 0.5) is 0 Å². The summed E-state index contributed by atoms with van der Waals surface area (Å²) < 4.78 is 10.7. The number of methoxy groups -OCH3 is 2. The number of hydrogen-bond acceptors (Lipinski definition) is 3. The van der Waals surface area contributed by atoms with Gasteiger partial charge in [0.25, 0.3) is 0 Å². The Labute approximate surface area is 109 Å². The minimum absolute atomic E-state index is 0.881. The third-order valence-electron chi connectivity index (χ3n) is 2.81. The molecule has 0 saturated carbocycles. The summed E-state index contributed by atoms with van der Waals surface area (Å²) in [6.45, 7) is 2.22. The molecule has 0 fully saturated rings. The third-order valence-corrected chi connectivity index (χ3v) is 3.69. The number of benzene rings is 1. The Kier molecular flexibility index (Phi) is 6.27. The Morgan fingerprint density at radius 3 is 2.41 bits per heavy atom. The largest absolute Gasteiger partial charge is 0.497 e. The molecule has 0 aliphatic heterocycles. The first kappa shape index (κ1) is 14.2. The maximum atomic E-state index is 5.42. The second-order valence-electron chi connectivity index (χ2n) is 3.98. The van der Waals surface area contributed by atoms with Crippen LogP contribution in [0.1, 0.15) is 31.7 Å². The van der Waals surface area contributed by atoms with Crippen molar-refractivity contribution in [3.8, 4) is 11.5 Å². The van der Waals surface area contributed by atoms with Crippen LogP contribution in [0.3, 0.4) is 0 Å². The van der Waals surface area contributed by atoms with Gasteiger partial charge in [-0.15, -0.1) is 11.8 Å². The standard InChI is InChI=1S/C14H22O2S/c1-5-6-7-8-11-9-12(15-2)10-13(16-3)14(11)17-4/h9-10H,5-8H2,1-4H3. The molecule has 17 heavy (non-hydrogen) atoms. The molecular weight excluding hydrogens is 232 g/mol. The van der Waals surface area contributed by atoms with Crippen molar-refractivity contribution in [3.63, 3.8) is 0 Å². The van der Waals surface area contributed by atoms with Crippen LogP contribution in [0.2, 0.25) is 0 Å². The lowest BCUT2D eigenvalue weighted by Crippen LogP contribution is -1.96. The van der Waals surface area contributed by atoms with Gasteiger partial charge in [-0.05, 0) is 30.7 Å². The van der Waals surface area contributed by atoms with E-state index in [4.69, 9.17) is 9.47 Å². The van der Waals surface area contributed by atoms with Gasteiger partial charge in [0, 0.05) is 6.07 Å². The highest BCUT2D eigenvalue weighted by Crippen LogP contribution is 2.36. The van der Waals surface area contributed by atoms with Crippen molar-refractivity contribution in [2.45, 2.75) is 37.5 Å². The zero-order chi connectivity index (χ0) is 12.7. The zero-order valence-electron chi connectivity index (χ0n) is 11.2. The van der Waals surface area contributed by atoms with Crippen LogP contribution >= 0.6 is 11.8 Å². The summed E-state index contributed by atoms with van der Waals surface area (Å²) in [6.07, 6.45) is 6.93. The molecule has 0 saturated heterocycles. The van der Waals surface area contributed by atoms with E-state index in [0.717, 1.165) is 17.9 Å². The first-order chi connectivity index (χ1) is 8.26. The summed E-state index contributed by atoms with van der Waals surface area (Å²) in [7, 11) is 3.41. The van der Waals surface area contributed by atoms with Crippen LogP contribution in [0.15, 0.2) is 17.0 Å². The van der Waals surface area contributed by atoms with Crippen LogP contribution in [-0.4, -0.2) is 20.5 Å². The normalized spacial score (nSPS) is 10.4. The second kappa shape index (κ2) is 7.49. The number of rotatable bonds is 7. The predicted molar refractivity (Wildman–Crippen MR) is 74.6 cm³/mol. The fraction of sp³-hybridized carbons (Fsp3) is 0.571. The topological polar surface area (TPSA) is 18.5 Å². The van der Waals surface area contributed by atoms with Crippen LogP contribution in [0.25, 0.3) is 0 Å². The quantitative estimate of drug-likeness (QED) is 0.538. The average Bonchev–Trinajstić information content (AvgIpc) is 2.37. The van der Waals surface area contributed by atoms with Crippen molar-refractivity contribution in [2.75, 3.05) is 20.5 Å². The molecule has 1 aromatic carbocycles. The SMILES string of the molecule is CCCCCc1cc(OC)cc(OC)c1SC. The maximum Gasteiger partial charge on any atom is 0.136 e. The van der Waals surface area contributed by atoms with Crippen LogP contribution in [0, 0.1) is 0 Å². The Morgan fingerprint density at radius 2 is 1.88 bits per heavy atom. The smallest absolute Gasteiger partial charge is 0.136 e. The molecule has 0 atom stereocenters. The molecule has 0 bridgehead atoms. The Morgan fingerprint density at radius 1 is 1.12 bits per heavy atom. The number of hydrogen-bond donors (Lipinski definition) is 0. The zero-order valence-corrected chi connectivity index (χ0v) is 12.0. The van der Waals surface area contributed by atoms with Gasteiger partial charge in [-0.25, -0.2) is 0 Å². The Bertz CT molecular complexity index is 350. The molecule has 3 heteroatoms. The second-order valence-corrected chi connectivity index (χ2v) is 4.80. The van der Waals surface area contributed by atoms with Gasteiger partial charge in [-0.2, -0.15) is 0 Å². The van der Waals surface area contributed by atoms with Crippen LogP contribution < -0.4 is 9.47 Å². The lowest BCUT2D eigenvalue weighted by Gasteiger charge is -2.14. The number of unbranched alkanes of at least 4 members (excludes halogenated alkanes) is 2. The number of aryl methyl sites for hydroxylation is 1. The summed E-state index contributed by atoms with van der Waals surface area (Å²) in [5.41, 5.74) is 1.34. The summed E-state index contributed by atoms with van der Waals surface area (Å²) in [5, 5.41) is 0. The van der Waals surface area contributed by atoms with Gasteiger partial charge in [0.05, 0.1) is 19.1 Å². The van der Waals surface area contributed by atoms with Gasteiger partial charge in [0.2, 0.25) is 0 Å². The molecule has 0 heterocycles. The van der Waals surface area contributed by atoms with Gasteiger partial charge in [0.1, 0.15) is 11.5 Å². The highest BCUT2D eigenvalue weighted by Gasteiger charge is 2.11. The highest BCUT2D eigenvalue weighted by molar-refractivity contribution is 7.98. The Hall–Kier alpha value is -0.830. The van der Waals surface area contributed by atoms with Gasteiger partial charge >= 0.3 is 0 Å². The average molecular weight is 254 g/mol. The van der Waals surface area contributed by atoms with E-state index >= 15 is 0 Å². The summed E-state index contributed by atoms with van der Waals surface area (Å²) >= 11 is 1.74. The van der Waals surface area contributed by atoms with Crippen LogP contribution in [-0.2, 0) is 6.42 Å². The first-order valence-electron chi connectivity index (χ1n) is 6.05. The molecule has 1 rings (SSSR count). The van der Waals surface area contributed by atoms with E-state index < -0.39 is 0 Å². The molecule has 0 radical (unpaired) electrons.